The molecule has 1 amide bonds. The fourth-order valence-corrected chi connectivity index (χ4v) is 4.39. The molecule has 144 valence electrons. The Morgan fingerprint density at radius 2 is 1.85 bits per heavy atom. The number of hydrogen-bond acceptors (Lipinski definition) is 3. The quantitative estimate of drug-likeness (QED) is 0.892. The van der Waals surface area contributed by atoms with Crippen molar-refractivity contribution in [2.24, 2.45) is 0 Å². The summed E-state index contributed by atoms with van der Waals surface area (Å²) in [6.45, 7) is 3.26. The van der Waals surface area contributed by atoms with Crippen molar-refractivity contribution in [2.75, 3.05) is 26.2 Å². The summed E-state index contributed by atoms with van der Waals surface area (Å²) in [6, 6.07) is 6.68. The van der Waals surface area contributed by atoms with Crippen molar-refractivity contribution < 1.29 is 9.18 Å². The first-order valence-electron chi connectivity index (χ1n) is 10.0. The van der Waals surface area contributed by atoms with Gasteiger partial charge in [-0.15, -0.1) is 0 Å². The van der Waals surface area contributed by atoms with Gasteiger partial charge in [-0.25, -0.2) is 4.39 Å². The Morgan fingerprint density at radius 3 is 2.63 bits per heavy atom. The molecular formula is C21H27FN4O. The smallest absolute Gasteiger partial charge is 0.237 e. The average Bonchev–Trinajstić information content (AvgIpc) is 3.27. The van der Waals surface area contributed by atoms with Crippen LogP contribution in [0.25, 0.3) is 11.1 Å². The maximum atomic E-state index is 14.3. The van der Waals surface area contributed by atoms with E-state index in [1.165, 1.54) is 31.7 Å². The van der Waals surface area contributed by atoms with E-state index in [4.69, 9.17) is 0 Å². The molecule has 0 radical (unpaired) electrons. The molecule has 1 N–H and O–H groups in total. The standard InChI is InChI=1S/C21H27FN4O/c22-18-9-4-3-8-16(18)17-14-23-24-21(17)19-10-7-13-26(19)20(27)15-25-11-5-1-2-6-12-25/h3-4,8-9,14,19H,1-2,5-7,10-13,15H2,(H,23,24)/t19-/m0/s1. The number of aromatic amines is 1. The van der Waals surface area contributed by atoms with Crippen molar-refractivity contribution in [1.82, 2.24) is 20.0 Å². The minimum Gasteiger partial charge on any atom is -0.333 e. The largest absolute Gasteiger partial charge is 0.333 e. The van der Waals surface area contributed by atoms with Crippen LogP contribution in [-0.2, 0) is 4.79 Å². The minimum atomic E-state index is -0.263. The molecule has 0 aliphatic carbocycles. The molecule has 0 spiro atoms. The third kappa shape index (κ3) is 3.90. The minimum absolute atomic E-state index is 0.0541. The Kier molecular flexibility index (Phi) is 5.53. The number of hydrogen-bond donors (Lipinski definition) is 1. The SMILES string of the molecule is O=C(CN1CCCCCC1)N1CCC[C@H]1c1[nH]ncc1-c1ccccc1F. The zero-order valence-electron chi connectivity index (χ0n) is 15.7. The molecule has 2 aliphatic rings. The van der Waals surface area contributed by atoms with Crippen LogP contribution in [0.4, 0.5) is 4.39 Å². The van der Waals surface area contributed by atoms with Crippen LogP contribution in [0.5, 0.6) is 0 Å². The summed E-state index contributed by atoms with van der Waals surface area (Å²) in [5, 5.41) is 7.21. The third-order valence-corrected chi connectivity index (χ3v) is 5.80. The highest BCUT2D eigenvalue weighted by Gasteiger charge is 2.33. The van der Waals surface area contributed by atoms with Gasteiger partial charge in [0.2, 0.25) is 5.91 Å². The van der Waals surface area contributed by atoms with Gasteiger partial charge in [-0.2, -0.15) is 5.10 Å². The van der Waals surface area contributed by atoms with Gasteiger partial charge in [0.25, 0.3) is 0 Å². The summed E-state index contributed by atoms with van der Waals surface area (Å²) in [5.41, 5.74) is 2.14. The summed E-state index contributed by atoms with van der Waals surface area (Å²) in [5.74, 6) is -0.0888. The Balaban J connectivity index is 1.53. The molecule has 1 aromatic heterocycles. The molecule has 2 aliphatic heterocycles. The molecule has 0 unspecified atom stereocenters. The Labute approximate surface area is 159 Å². The molecule has 0 bridgehead atoms. The predicted octanol–water partition coefficient (Wildman–Crippen LogP) is 3.76. The number of H-pyrrole nitrogens is 1. The van der Waals surface area contributed by atoms with Crippen LogP contribution in [0.3, 0.4) is 0 Å². The topological polar surface area (TPSA) is 52.2 Å². The number of likely N-dealkylation sites (tertiary alicyclic amines) is 2. The number of halogens is 1. The second-order valence-corrected chi connectivity index (χ2v) is 7.61. The Morgan fingerprint density at radius 1 is 1.07 bits per heavy atom. The molecular weight excluding hydrogens is 343 g/mol. The van der Waals surface area contributed by atoms with Crippen LogP contribution in [0.15, 0.2) is 30.5 Å². The van der Waals surface area contributed by atoms with Crippen molar-refractivity contribution >= 4 is 5.91 Å². The fraction of sp³-hybridized carbons (Fsp3) is 0.524. The maximum Gasteiger partial charge on any atom is 0.237 e. The zero-order valence-corrected chi connectivity index (χ0v) is 15.7. The second-order valence-electron chi connectivity index (χ2n) is 7.61. The van der Waals surface area contributed by atoms with Crippen LogP contribution < -0.4 is 0 Å². The second kappa shape index (κ2) is 8.21. The van der Waals surface area contributed by atoms with E-state index in [1.54, 1.807) is 18.3 Å². The monoisotopic (exact) mass is 370 g/mol. The summed E-state index contributed by atoms with van der Waals surface area (Å²) >= 11 is 0. The van der Waals surface area contributed by atoms with Gasteiger partial charge in [0.15, 0.2) is 0 Å². The van der Waals surface area contributed by atoms with Crippen molar-refractivity contribution in [3.05, 3.63) is 42.0 Å². The summed E-state index contributed by atoms with van der Waals surface area (Å²) in [6.07, 6.45) is 8.39. The Bertz CT molecular complexity index is 782. The Hall–Kier alpha value is -2.21. The number of rotatable bonds is 4. The molecule has 27 heavy (non-hydrogen) atoms. The number of benzene rings is 1. The van der Waals surface area contributed by atoms with Gasteiger partial charge >= 0.3 is 0 Å². The van der Waals surface area contributed by atoms with E-state index >= 15 is 0 Å². The van der Waals surface area contributed by atoms with Gasteiger partial charge in [0, 0.05) is 17.7 Å². The molecule has 4 rings (SSSR count). The van der Waals surface area contributed by atoms with E-state index in [9.17, 15) is 9.18 Å². The predicted molar refractivity (Wildman–Crippen MR) is 103 cm³/mol. The first-order valence-corrected chi connectivity index (χ1v) is 10.0. The molecule has 5 nitrogen and oxygen atoms in total. The van der Waals surface area contributed by atoms with E-state index in [0.29, 0.717) is 12.1 Å². The number of nitrogens with zero attached hydrogens (tertiary/aromatic N) is 3. The summed E-state index contributed by atoms with van der Waals surface area (Å²) in [7, 11) is 0. The zero-order chi connectivity index (χ0) is 18.6. The highest BCUT2D eigenvalue weighted by Crippen LogP contribution is 2.37. The van der Waals surface area contributed by atoms with E-state index < -0.39 is 0 Å². The van der Waals surface area contributed by atoms with Gasteiger partial charge in [-0.1, -0.05) is 31.0 Å². The van der Waals surface area contributed by atoms with E-state index in [2.05, 4.69) is 15.1 Å². The number of carbonyl (C=O) groups excluding carboxylic acids is 1. The van der Waals surface area contributed by atoms with Crippen molar-refractivity contribution in [3.63, 3.8) is 0 Å². The van der Waals surface area contributed by atoms with Crippen molar-refractivity contribution in [3.8, 4) is 11.1 Å². The molecule has 3 heterocycles. The normalized spacial score (nSPS) is 21.4. The maximum absolute atomic E-state index is 14.3. The molecule has 2 saturated heterocycles. The first-order chi connectivity index (χ1) is 13.2. The van der Waals surface area contributed by atoms with Crippen LogP contribution in [-0.4, -0.2) is 52.1 Å². The van der Waals surface area contributed by atoms with Gasteiger partial charge < -0.3 is 4.90 Å². The van der Waals surface area contributed by atoms with Gasteiger partial charge in [-0.05, 0) is 44.8 Å². The number of carbonyl (C=O) groups is 1. The van der Waals surface area contributed by atoms with Crippen LogP contribution in [0.2, 0.25) is 0 Å². The molecule has 2 fully saturated rings. The molecule has 1 aromatic carbocycles. The van der Waals surface area contributed by atoms with Gasteiger partial charge in [-0.3, -0.25) is 14.8 Å². The average molecular weight is 370 g/mol. The fourth-order valence-electron chi connectivity index (χ4n) is 4.39. The number of aromatic nitrogens is 2. The van der Waals surface area contributed by atoms with E-state index in [1.807, 2.05) is 11.0 Å². The third-order valence-electron chi connectivity index (χ3n) is 5.80. The van der Waals surface area contributed by atoms with Crippen LogP contribution >= 0.6 is 0 Å². The highest BCUT2D eigenvalue weighted by molar-refractivity contribution is 5.79. The lowest BCUT2D eigenvalue weighted by Gasteiger charge is -2.28. The first kappa shape index (κ1) is 18.2. The summed E-state index contributed by atoms with van der Waals surface area (Å²) < 4.78 is 14.3. The van der Waals surface area contributed by atoms with Gasteiger partial charge in [0.1, 0.15) is 5.82 Å². The van der Waals surface area contributed by atoms with Crippen LogP contribution in [0.1, 0.15) is 50.3 Å². The number of nitrogens with one attached hydrogen (secondary N) is 1. The molecule has 0 saturated carbocycles. The lowest BCUT2D eigenvalue weighted by molar-refractivity contribution is -0.133. The lowest BCUT2D eigenvalue weighted by Crippen LogP contribution is -2.40. The summed E-state index contributed by atoms with van der Waals surface area (Å²) in [4.78, 5) is 17.3. The van der Waals surface area contributed by atoms with E-state index in [0.717, 1.165) is 43.7 Å². The lowest BCUT2D eigenvalue weighted by atomic mass is 10.0. The number of amides is 1. The highest BCUT2D eigenvalue weighted by atomic mass is 19.1. The van der Waals surface area contributed by atoms with Crippen LogP contribution in [0, 0.1) is 5.82 Å². The van der Waals surface area contributed by atoms with Gasteiger partial charge in [0.05, 0.1) is 24.5 Å². The molecule has 1 atom stereocenters. The van der Waals surface area contributed by atoms with E-state index in [-0.39, 0.29) is 17.8 Å². The molecule has 2 aromatic rings. The van der Waals surface area contributed by atoms with Crippen molar-refractivity contribution in [2.45, 2.75) is 44.6 Å². The van der Waals surface area contributed by atoms with Crippen molar-refractivity contribution in [1.29, 1.82) is 0 Å². The molecule has 6 heteroatoms.